The number of benzene rings is 1. The number of nitrogens with zero attached hydrogens (tertiary/aromatic N) is 2. The van der Waals surface area contributed by atoms with Gasteiger partial charge in [0.2, 0.25) is 0 Å². The summed E-state index contributed by atoms with van der Waals surface area (Å²) < 4.78 is 1.97. The van der Waals surface area contributed by atoms with Gasteiger partial charge >= 0.3 is 0 Å². The van der Waals surface area contributed by atoms with Gasteiger partial charge < -0.3 is 0 Å². The first-order valence-corrected chi connectivity index (χ1v) is 6.21. The monoisotopic (exact) mass is 248 g/mol. The average Bonchev–Trinajstić information content (AvgIpc) is 2.54. The number of hydrogen-bond donors (Lipinski definition) is 0. The van der Waals surface area contributed by atoms with E-state index in [2.05, 4.69) is 37.1 Å². The first-order chi connectivity index (χ1) is 8.00. The van der Waals surface area contributed by atoms with Crippen LogP contribution in [-0.2, 0) is 0 Å². The summed E-state index contributed by atoms with van der Waals surface area (Å²) in [7, 11) is 0. The molecule has 0 aliphatic heterocycles. The SMILES string of the molecule is Cc1cccc(-n2nc(C)c(C(C)Cl)c2C)c1. The molecule has 0 saturated heterocycles. The minimum Gasteiger partial charge on any atom is -0.238 e. The van der Waals surface area contributed by atoms with Crippen molar-refractivity contribution in [3.63, 3.8) is 0 Å². The van der Waals surface area contributed by atoms with Gasteiger partial charge in [0.15, 0.2) is 0 Å². The van der Waals surface area contributed by atoms with Crippen molar-refractivity contribution in [1.82, 2.24) is 9.78 Å². The average molecular weight is 249 g/mol. The van der Waals surface area contributed by atoms with Crippen molar-refractivity contribution in [2.45, 2.75) is 33.1 Å². The molecule has 1 aromatic heterocycles. The van der Waals surface area contributed by atoms with E-state index in [1.807, 2.05) is 24.6 Å². The van der Waals surface area contributed by atoms with Crippen molar-refractivity contribution < 1.29 is 0 Å². The topological polar surface area (TPSA) is 17.8 Å². The molecule has 1 atom stereocenters. The maximum absolute atomic E-state index is 6.19. The standard InChI is InChI=1S/C14H17ClN2/c1-9-6-5-7-13(8-9)17-12(4)14(10(2)15)11(3)16-17/h5-8,10H,1-4H3. The highest BCUT2D eigenvalue weighted by Crippen LogP contribution is 2.27. The van der Waals surface area contributed by atoms with Crippen LogP contribution in [0.15, 0.2) is 24.3 Å². The van der Waals surface area contributed by atoms with Gasteiger partial charge in [-0.2, -0.15) is 5.10 Å². The Balaban J connectivity index is 2.58. The van der Waals surface area contributed by atoms with Crippen LogP contribution in [0.3, 0.4) is 0 Å². The molecule has 3 heteroatoms. The molecule has 0 N–H and O–H groups in total. The van der Waals surface area contributed by atoms with Crippen molar-refractivity contribution in [2.75, 3.05) is 0 Å². The summed E-state index contributed by atoms with van der Waals surface area (Å²) in [5.41, 5.74) is 5.58. The van der Waals surface area contributed by atoms with Gasteiger partial charge in [0, 0.05) is 11.3 Å². The van der Waals surface area contributed by atoms with Crippen LogP contribution in [0.4, 0.5) is 0 Å². The maximum atomic E-state index is 6.19. The molecule has 90 valence electrons. The smallest absolute Gasteiger partial charge is 0.0651 e. The Morgan fingerprint density at radius 1 is 1.24 bits per heavy atom. The lowest BCUT2D eigenvalue weighted by molar-refractivity contribution is 0.831. The molecule has 2 aromatic rings. The van der Waals surface area contributed by atoms with E-state index in [1.165, 1.54) is 5.56 Å². The Morgan fingerprint density at radius 3 is 2.47 bits per heavy atom. The molecule has 0 amide bonds. The molecule has 1 unspecified atom stereocenters. The van der Waals surface area contributed by atoms with Crippen LogP contribution in [0.2, 0.25) is 0 Å². The molecule has 2 rings (SSSR count). The fourth-order valence-corrected chi connectivity index (χ4v) is 2.56. The summed E-state index contributed by atoms with van der Waals surface area (Å²) >= 11 is 6.19. The van der Waals surface area contributed by atoms with Crippen molar-refractivity contribution in [3.05, 3.63) is 46.8 Å². The number of rotatable bonds is 2. The van der Waals surface area contributed by atoms with Crippen LogP contribution in [-0.4, -0.2) is 9.78 Å². The van der Waals surface area contributed by atoms with Crippen molar-refractivity contribution in [1.29, 1.82) is 0 Å². The lowest BCUT2D eigenvalue weighted by Crippen LogP contribution is -1.99. The van der Waals surface area contributed by atoms with Gasteiger partial charge in [0.1, 0.15) is 0 Å². The molecule has 0 saturated carbocycles. The van der Waals surface area contributed by atoms with Gasteiger partial charge in [-0.05, 0) is 45.4 Å². The van der Waals surface area contributed by atoms with Crippen LogP contribution in [0.25, 0.3) is 5.69 Å². The van der Waals surface area contributed by atoms with Crippen LogP contribution >= 0.6 is 11.6 Å². The number of halogens is 1. The summed E-state index contributed by atoms with van der Waals surface area (Å²) in [6.07, 6.45) is 0. The third kappa shape index (κ3) is 2.22. The molecule has 0 aliphatic rings. The zero-order valence-corrected chi connectivity index (χ0v) is 11.4. The summed E-state index contributed by atoms with van der Waals surface area (Å²) in [4.78, 5) is 0. The molecule has 0 fully saturated rings. The highest BCUT2D eigenvalue weighted by Gasteiger charge is 2.16. The highest BCUT2D eigenvalue weighted by molar-refractivity contribution is 6.20. The van der Waals surface area contributed by atoms with E-state index >= 15 is 0 Å². The Kier molecular flexibility index (Phi) is 3.25. The second-order valence-electron chi connectivity index (χ2n) is 4.45. The second-order valence-corrected chi connectivity index (χ2v) is 5.11. The maximum Gasteiger partial charge on any atom is 0.0651 e. The molecule has 0 spiro atoms. The van der Waals surface area contributed by atoms with Crippen LogP contribution in [0.5, 0.6) is 0 Å². The van der Waals surface area contributed by atoms with E-state index in [0.717, 1.165) is 22.6 Å². The second kappa shape index (κ2) is 4.53. The van der Waals surface area contributed by atoms with Crippen molar-refractivity contribution >= 4 is 11.6 Å². The largest absolute Gasteiger partial charge is 0.238 e. The Morgan fingerprint density at radius 2 is 1.94 bits per heavy atom. The lowest BCUT2D eigenvalue weighted by Gasteiger charge is -2.07. The summed E-state index contributed by atoms with van der Waals surface area (Å²) in [6, 6.07) is 8.32. The van der Waals surface area contributed by atoms with Gasteiger partial charge in [-0.1, -0.05) is 12.1 Å². The number of alkyl halides is 1. The fourth-order valence-electron chi connectivity index (χ4n) is 2.24. The normalized spacial score (nSPS) is 12.8. The van der Waals surface area contributed by atoms with Crippen LogP contribution in [0.1, 0.15) is 34.8 Å². The van der Waals surface area contributed by atoms with Gasteiger partial charge in [-0.25, -0.2) is 4.68 Å². The Hall–Kier alpha value is -1.28. The molecule has 0 aliphatic carbocycles. The fraction of sp³-hybridized carbons (Fsp3) is 0.357. The van der Waals surface area contributed by atoms with Gasteiger partial charge in [-0.3, -0.25) is 0 Å². The quantitative estimate of drug-likeness (QED) is 0.732. The molecular formula is C14H17ClN2. The zero-order chi connectivity index (χ0) is 12.6. The molecular weight excluding hydrogens is 232 g/mol. The minimum absolute atomic E-state index is 0.00596. The van der Waals surface area contributed by atoms with Crippen molar-refractivity contribution in [2.24, 2.45) is 0 Å². The predicted molar refractivity (Wildman–Crippen MR) is 72.0 cm³/mol. The first kappa shape index (κ1) is 12.2. The van der Waals surface area contributed by atoms with E-state index in [0.29, 0.717) is 0 Å². The molecule has 1 aromatic carbocycles. The third-order valence-electron chi connectivity index (χ3n) is 2.99. The number of aromatic nitrogens is 2. The van der Waals surface area contributed by atoms with Crippen LogP contribution in [0, 0.1) is 20.8 Å². The summed E-state index contributed by atoms with van der Waals surface area (Å²) in [5.74, 6) is 0. The lowest BCUT2D eigenvalue weighted by atomic mass is 10.1. The molecule has 2 nitrogen and oxygen atoms in total. The van der Waals surface area contributed by atoms with E-state index in [-0.39, 0.29) is 5.38 Å². The van der Waals surface area contributed by atoms with Crippen LogP contribution < -0.4 is 0 Å². The zero-order valence-electron chi connectivity index (χ0n) is 10.7. The molecule has 17 heavy (non-hydrogen) atoms. The van der Waals surface area contributed by atoms with E-state index in [4.69, 9.17) is 11.6 Å². The van der Waals surface area contributed by atoms with E-state index < -0.39 is 0 Å². The number of aryl methyl sites for hydroxylation is 2. The number of hydrogen-bond acceptors (Lipinski definition) is 1. The third-order valence-corrected chi connectivity index (χ3v) is 3.21. The summed E-state index contributed by atoms with van der Waals surface area (Å²) in [5, 5.41) is 4.57. The Bertz CT molecular complexity index is 541. The molecule has 0 radical (unpaired) electrons. The van der Waals surface area contributed by atoms with E-state index in [9.17, 15) is 0 Å². The van der Waals surface area contributed by atoms with Gasteiger partial charge in [0.05, 0.1) is 16.8 Å². The molecule has 1 heterocycles. The predicted octanol–water partition coefficient (Wildman–Crippen LogP) is 4.10. The minimum atomic E-state index is -0.00596. The van der Waals surface area contributed by atoms with Crippen molar-refractivity contribution in [3.8, 4) is 5.69 Å². The highest BCUT2D eigenvalue weighted by atomic mass is 35.5. The van der Waals surface area contributed by atoms with E-state index in [1.54, 1.807) is 0 Å². The Labute approximate surface area is 107 Å². The van der Waals surface area contributed by atoms with Gasteiger partial charge in [0.25, 0.3) is 0 Å². The first-order valence-electron chi connectivity index (χ1n) is 5.78. The summed E-state index contributed by atoms with van der Waals surface area (Å²) in [6.45, 7) is 8.14. The molecule has 0 bridgehead atoms. The van der Waals surface area contributed by atoms with Gasteiger partial charge in [-0.15, -0.1) is 11.6 Å².